The van der Waals surface area contributed by atoms with E-state index < -0.39 is 45.7 Å². The molecule has 2 fully saturated rings. The zero-order valence-corrected chi connectivity index (χ0v) is 33.3. The maximum absolute atomic E-state index is 14.1. The van der Waals surface area contributed by atoms with Crippen molar-refractivity contribution < 1.29 is 37.0 Å². The molecule has 3 aromatic rings. The van der Waals surface area contributed by atoms with Gasteiger partial charge < -0.3 is 24.4 Å². The number of cyclic esters (lactones) is 1. The van der Waals surface area contributed by atoms with Gasteiger partial charge in [-0.2, -0.15) is 12.7 Å². The second-order valence-electron chi connectivity index (χ2n) is 14.7. The molecular weight excluding hydrogens is 733 g/mol. The summed E-state index contributed by atoms with van der Waals surface area (Å²) >= 11 is 1.49. The van der Waals surface area contributed by atoms with Crippen LogP contribution in [0.3, 0.4) is 0 Å². The van der Waals surface area contributed by atoms with Crippen LogP contribution in [0.1, 0.15) is 82.9 Å². The summed E-state index contributed by atoms with van der Waals surface area (Å²) in [4.78, 5) is 52.3. The highest BCUT2D eigenvalue weighted by molar-refractivity contribution is 7.87. The number of pyridine rings is 1. The lowest BCUT2D eigenvalue weighted by Crippen LogP contribution is -2.57. The molecule has 2 aliphatic heterocycles. The maximum atomic E-state index is 14.1. The number of thiazole rings is 1. The predicted octanol–water partition coefficient (Wildman–Crippen LogP) is 5.46. The molecule has 1 aromatic carbocycles. The lowest BCUT2D eigenvalue weighted by Gasteiger charge is -2.26. The minimum absolute atomic E-state index is 0.0441. The van der Waals surface area contributed by atoms with Crippen LogP contribution in [-0.4, -0.2) is 97.0 Å². The summed E-state index contributed by atoms with van der Waals surface area (Å²) < 4.78 is 47.8. The largest absolute Gasteiger partial charge is 0.496 e. The van der Waals surface area contributed by atoms with Crippen molar-refractivity contribution in [2.24, 2.45) is 5.92 Å². The van der Waals surface area contributed by atoms with Crippen LogP contribution in [0.5, 0.6) is 11.5 Å². The van der Waals surface area contributed by atoms with E-state index in [0.29, 0.717) is 61.5 Å². The van der Waals surface area contributed by atoms with E-state index in [1.54, 1.807) is 21.1 Å². The molecule has 6 rings (SSSR count). The Kier molecular flexibility index (Phi) is 11.8. The molecule has 4 heterocycles. The number of allylic oxidation sites excluding steroid dienone is 1. The summed E-state index contributed by atoms with van der Waals surface area (Å²) in [5.74, 6) is -0.571. The SMILES string of the molecule is COc1ccc2c(OCCC3OC(=O)N(C)CCCC/C=C\[C@@H]4C[C@@]4(C(=O)NS(=O)(=O)N4CCC[C@H]4C)NC3=O)cc(-c3nc(C(C)C)cs3)nc2c1C. The van der Waals surface area contributed by atoms with Gasteiger partial charge in [-0.25, -0.2) is 19.5 Å². The molecule has 1 saturated heterocycles. The molecule has 2 N–H and O–H groups in total. The van der Waals surface area contributed by atoms with Crippen LogP contribution in [0.15, 0.2) is 35.7 Å². The van der Waals surface area contributed by atoms with Crippen LogP contribution in [0, 0.1) is 12.8 Å². The molecule has 0 bridgehead atoms. The Bertz CT molecular complexity index is 2030. The highest BCUT2D eigenvalue weighted by Crippen LogP contribution is 2.46. The van der Waals surface area contributed by atoms with Crippen LogP contribution >= 0.6 is 11.3 Å². The molecule has 292 valence electrons. The van der Waals surface area contributed by atoms with Gasteiger partial charge in [-0.3, -0.25) is 9.59 Å². The summed E-state index contributed by atoms with van der Waals surface area (Å²) in [5, 5.41) is 6.27. The van der Waals surface area contributed by atoms with Gasteiger partial charge in [0.05, 0.1) is 24.9 Å². The van der Waals surface area contributed by atoms with Crippen molar-refractivity contribution in [2.45, 2.75) is 96.2 Å². The maximum Gasteiger partial charge on any atom is 0.410 e. The third-order valence-electron chi connectivity index (χ3n) is 10.5. The predicted molar refractivity (Wildman–Crippen MR) is 206 cm³/mol. The highest BCUT2D eigenvalue weighted by Gasteiger charge is 2.61. The summed E-state index contributed by atoms with van der Waals surface area (Å²) in [6, 6.07) is 5.26. The van der Waals surface area contributed by atoms with Crippen molar-refractivity contribution in [3.05, 3.63) is 47.0 Å². The lowest BCUT2D eigenvalue weighted by molar-refractivity contribution is -0.135. The second kappa shape index (κ2) is 16.2. The van der Waals surface area contributed by atoms with Gasteiger partial charge in [-0.1, -0.05) is 26.0 Å². The number of hydrogen-bond donors (Lipinski definition) is 2. The number of benzene rings is 1. The average molecular weight is 783 g/mol. The third-order valence-corrected chi connectivity index (χ3v) is 12.9. The summed E-state index contributed by atoms with van der Waals surface area (Å²) in [6.07, 6.45) is 5.49. The normalized spacial score (nSPS) is 24.7. The average Bonchev–Trinajstić information content (AvgIpc) is 3.42. The van der Waals surface area contributed by atoms with Gasteiger partial charge in [-0.05, 0) is 70.4 Å². The second-order valence-corrected chi connectivity index (χ2v) is 17.2. The number of amides is 3. The number of aromatic nitrogens is 2. The van der Waals surface area contributed by atoms with Gasteiger partial charge >= 0.3 is 16.3 Å². The number of rotatable bonds is 10. The number of aryl methyl sites for hydroxylation is 1. The van der Waals surface area contributed by atoms with Crippen molar-refractivity contribution in [2.75, 3.05) is 33.9 Å². The Morgan fingerprint density at radius 3 is 2.67 bits per heavy atom. The van der Waals surface area contributed by atoms with Gasteiger partial charge in [0.15, 0.2) is 6.10 Å². The molecule has 3 amide bonds. The van der Waals surface area contributed by atoms with Crippen LogP contribution in [-0.2, 0) is 24.5 Å². The van der Waals surface area contributed by atoms with Crippen LogP contribution < -0.4 is 19.5 Å². The van der Waals surface area contributed by atoms with Crippen LogP contribution in [0.4, 0.5) is 4.79 Å². The number of nitrogens with zero attached hydrogens (tertiary/aromatic N) is 4. The molecule has 16 heteroatoms. The fourth-order valence-corrected chi connectivity index (χ4v) is 9.43. The van der Waals surface area contributed by atoms with Gasteiger partial charge in [-0.15, -0.1) is 11.3 Å². The van der Waals surface area contributed by atoms with Gasteiger partial charge in [0.1, 0.15) is 27.7 Å². The van der Waals surface area contributed by atoms with Crippen molar-refractivity contribution in [1.29, 1.82) is 0 Å². The molecule has 14 nitrogen and oxygen atoms in total. The number of carbonyl (C=O) groups excluding carboxylic acids is 3. The van der Waals surface area contributed by atoms with E-state index in [1.807, 2.05) is 42.7 Å². The number of methoxy groups -OCH3 is 1. The van der Waals surface area contributed by atoms with Crippen molar-refractivity contribution in [1.82, 2.24) is 29.2 Å². The highest BCUT2D eigenvalue weighted by atomic mass is 32.2. The standard InChI is InChI=1S/C38H50N6O8S2/c1-23(2)29-22-53-35(40-29)28-20-32(27-14-15-30(50-6)25(4)33(27)39-28)51-19-16-31-34(45)41-38(36(46)42-54(48,49)44-18-11-12-24(44)3)21-26(38)13-9-7-8-10-17-43(5)37(47)52-31/h9,13-15,20,22-24,26,31H,7-8,10-12,16-19,21H2,1-6H3,(H,41,45)(H,42,46)/b13-9-/t24-,26-,31?,38-/m1/s1. The van der Waals surface area contributed by atoms with Crippen LogP contribution in [0.25, 0.3) is 21.6 Å². The van der Waals surface area contributed by atoms with Crippen molar-refractivity contribution >= 4 is 50.4 Å². The molecule has 0 spiro atoms. The summed E-state index contributed by atoms with van der Waals surface area (Å²) in [7, 11) is -0.938. The van der Waals surface area contributed by atoms with E-state index >= 15 is 0 Å². The molecular formula is C38H50N6O8S2. The number of ether oxygens (including phenoxy) is 3. The van der Waals surface area contributed by atoms with Crippen molar-refractivity contribution in [3.63, 3.8) is 0 Å². The monoisotopic (exact) mass is 782 g/mol. The zero-order chi connectivity index (χ0) is 38.8. The van der Waals surface area contributed by atoms with E-state index in [0.717, 1.165) is 28.1 Å². The third kappa shape index (κ3) is 8.35. The Morgan fingerprint density at radius 2 is 1.96 bits per heavy atom. The first kappa shape index (κ1) is 39.4. The Morgan fingerprint density at radius 1 is 1.17 bits per heavy atom. The minimum atomic E-state index is -4.14. The van der Waals surface area contributed by atoms with Crippen LogP contribution in [0.2, 0.25) is 0 Å². The number of fused-ring (bicyclic) bond motifs is 2. The van der Waals surface area contributed by atoms with E-state index in [-0.39, 0.29) is 31.4 Å². The molecule has 54 heavy (non-hydrogen) atoms. The fourth-order valence-electron chi connectivity index (χ4n) is 7.01. The summed E-state index contributed by atoms with van der Waals surface area (Å²) in [6.45, 7) is 8.57. The smallest absolute Gasteiger partial charge is 0.410 e. The number of nitrogens with one attached hydrogen (secondary N) is 2. The van der Waals surface area contributed by atoms with Gasteiger partial charge in [0.25, 0.3) is 11.8 Å². The zero-order valence-electron chi connectivity index (χ0n) is 31.7. The Hall–Kier alpha value is -4.28. The molecule has 0 radical (unpaired) electrons. The molecule has 3 aliphatic rings. The fraction of sp³-hybridized carbons (Fsp3) is 0.553. The number of carbonyl (C=O) groups is 3. The molecule has 2 aromatic heterocycles. The van der Waals surface area contributed by atoms with Gasteiger partial charge in [0, 0.05) is 60.9 Å². The first-order chi connectivity index (χ1) is 25.7. The molecule has 1 saturated carbocycles. The minimum Gasteiger partial charge on any atom is -0.496 e. The first-order valence-corrected chi connectivity index (χ1v) is 20.9. The Labute approximate surface area is 320 Å². The quantitative estimate of drug-likeness (QED) is 0.252. The molecule has 4 atom stereocenters. The van der Waals surface area contributed by atoms with E-state index in [1.165, 1.54) is 20.5 Å². The lowest BCUT2D eigenvalue weighted by atomic mass is 10.1. The van der Waals surface area contributed by atoms with Gasteiger partial charge in [0.2, 0.25) is 0 Å². The summed E-state index contributed by atoms with van der Waals surface area (Å²) in [5.41, 5.74) is 1.54. The number of hydrogen-bond acceptors (Lipinski definition) is 11. The molecule has 1 aliphatic carbocycles. The molecule has 1 unspecified atom stereocenters. The van der Waals surface area contributed by atoms with E-state index in [2.05, 4.69) is 23.9 Å². The van der Waals surface area contributed by atoms with Crippen molar-refractivity contribution in [3.8, 4) is 22.2 Å². The van der Waals surface area contributed by atoms with E-state index in [9.17, 15) is 22.8 Å². The first-order valence-electron chi connectivity index (χ1n) is 18.6. The topological polar surface area (TPSA) is 169 Å². The Balaban J connectivity index is 1.26. The van der Waals surface area contributed by atoms with E-state index in [4.69, 9.17) is 24.2 Å².